The van der Waals surface area contributed by atoms with E-state index < -0.39 is 16.5 Å². The number of Topliss-reactive ketones (excluding diaryl/α,β-unsaturated/α-hetero) is 1. The van der Waals surface area contributed by atoms with Crippen molar-refractivity contribution in [1.82, 2.24) is 4.98 Å². The van der Waals surface area contributed by atoms with Crippen molar-refractivity contribution in [2.45, 2.75) is 0 Å². The molecule has 0 radical (unpaired) electrons. The highest BCUT2D eigenvalue weighted by Crippen LogP contribution is 2.25. The number of nitro benzene ring substituents is 1. The fourth-order valence-corrected chi connectivity index (χ4v) is 2.51. The summed E-state index contributed by atoms with van der Waals surface area (Å²) in [7, 11) is 0. The van der Waals surface area contributed by atoms with Crippen LogP contribution in [0.2, 0.25) is 0 Å². The summed E-state index contributed by atoms with van der Waals surface area (Å²) >= 11 is 0. The molecule has 3 rings (SSSR count). The van der Waals surface area contributed by atoms with Crippen LogP contribution in [0.1, 0.15) is 15.9 Å². The van der Waals surface area contributed by atoms with Crippen LogP contribution in [0.15, 0.2) is 54.2 Å². The molecule has 0 amide bonds. The molecule has 0 aliphatic carbocycles. The molecule has 3 aromatic rings. The minimum absolute atomic E-state index is 0.156. The molecule has 0 saturated heterocycles. The van der Waals surface area contributed by atoms with Crippen LogP contribution in [0.3, 0.4) is 0 Å². The molecule has 0 fully saturated rings. The number of fused-ring (bicyclic) bond motifs is 1. The number of ketones is 1. The standard InChI is InChI=1S/C18H10FN3O3/c19-13-5-6-14-15(10-21-16(14)8-13)18(23)12(9-20)7-11-3-1-2-4-17(11)22(24)25/h1-8,10,21H/b12-7+. The first-order valence-electron chi connectivity index (χ1n) is 7.18. The minimum Gasteiger partial charge on any atom is -0.360 e. The quantitative estimate of drug-likeness (QED) is 0.256. The van der Waals surface area contributed by atoms with Crippen LogP contribution in [-0.2, 0) is 0 Å². The second kappa shape index (κ2) is 6.37. The zero-order chi connectivity index (χ0) is 18.0. The predicted molar refractivity (Wildman–Crippen MR) is 89.3 cm³/mol. The van der Waals surface area contributed by atoms with Crippen molar-refractivity contribution in [3.05, 3.63) is 81.3 Å². The van der Waals surface area contributed by atoms with Gasteiger partial charge < -0.3 is 4.98 Å². The zero-order valence-corrected chi connectivity index (χ0v) is 12.7. The van der Waals surface area contributed by atoms with E-state index >= 15 is 0 Å². The van der Waals surface area contributed by atoms with Gasteiger partial charge in [-0.1, -0.05) is 12.1 Å². The first-order chi connectivity index (χ1) is 12.0. The van der Waals surface area contributed by atoms with Gasteiger partial charge in [-0.05, 0) is 30.3 Å². The van der Waals surface area contributed by atoms with Gasteiger partial charge in [-0.2, -0.15) is 5.26 Å². The van der Waals surface area contributed by atoms with E-state index in [-0.39, 0.29) is 22.4 Å². The number of nitrogens with zero attached hydrogens (tertiary/aromatic N) is 2. The largest absolute Gasteiger partial charge is 0.360 e. The summed E-state index contributed by atoms with van der Waals surface area (Å²) in [5.41, 5.74) is 0.319. The molecule has 0 unspecified atom stereocenters. The third-order valence-electron chi connectivity index (χ3n) is 3.69. The van der Waals surface area contributed by atoms with Crippen molar-refractivity contribution in [2.24, 2.45) is 0 Å². The van der Waals surface area contributed by atoms with Gasteiger partial charge in [0.2, 0.25) is 5.78 Å². The van der Waals surface area contributed by atoms with Crippen LogP contribution >= 0.6 is 0 Å². The second-order valence-corrected chi connectivity index (χ2v) is 5.21. The van der Waals surface area contributed by atoms with E-state index in [9.17, 15) is 24.6 Å². The first kappa shape index (κ1) is 16.1. The third kappa shape index (κ3) is 3.01. The van der Waals surface area contributed by atoms with Crippen molar-refractivity contribution in [1.29, 1.82) is 5.26 Å². The Morgan fingerprint density at radius 2 is 2.04 bits per heavy atom. The number of halogens is 1. The number of para-hydroxylation sites is 1. The number of hydrogen-bond donors (Lipinski definition) is 1. The molecule has 0 saturated carbocycles. The van der Waals surface area contributed by atoms with Crippen LogP contribution in [-0.4, -0.2) is 15.7 Å². The molecule has 1 heterocycles. The Hall–Kier alpha value is -3.79. The molecule has 1 aromatic heterocycles. The highest BCUT2D eigenvalue weighted by Gasteiger charge is 2.19. The molecular weight excluding hydrogens is 325 g/mol. The van der Waals surface area contributed by atoms with Crippen LogP contribution in [0.4, 0.5) is 10.1 Å². The number of benzene rings is 2. The summed E-state index contributed by atoms with van der Waals surface area (Å²) in [4.78, 5) is 25.9. The topological polar surface area (TPSA) is 99.8 Å². The van der Waals surface area contributed by atoms with Gasteiger partial charge in [-0.25, -0.2) is 4.39 Å². The predicted octanol–water partition coefficient (Wildman–Crippen LogP) is 4.01. The summed E-state index contributed by atoms with van der Waals surface area (Å²) in [6, 6.07) is 11.5. The van der Waals surface area contributed by atoms with Gasteiger partial charge in [-0.15, -0.1) is 0 Å². The van der Waals surface area contributed by atoms with Gasteiger partial charge in [-0.3, -0.25) is 14.9 Å². The highest BCUT2D eigenvalue weighted by molar-refractivity contribution is 6.20. The van der Waals surface area contributed by atoms with E-state index in [0.717, 1.165) is 0 Å². The third-order valence-corrected chi connectivity index (χ3v) is 3.69. The smallest absolute Gasteiger partial charge is 0.276 e. The maximum absolute atomic E-state index is 13.2. The molecule has 0 atom stereocenters. The average molecular weight is 335 g/mol. The molecule has 7 heteroatoms. The lowest BCUT2D eigenvalue weighted by Crippen LogP contribution is -2.01. The lowest BCUT2D eigenvalue weighted by molar-refractivity contribution is -0.385. The number of allylic oxidation sites excluding steroid dienone is 1. The summed E-state index contributed by atoms with van der Waals surface area (Å²) in [6.45, 7) is 0. The lowest BCUT2D eigenvalue weighted by atomic mass is 10.0. The first-order valence-corrected chi connectivity index (χ1v) is 7.18. The maximum atomic E-state index is 13.2. The number of carbonyl (C=O) groups is 1. The average Bonchev–Trinajstić information content (AvgIpc) is 3.02. The highest BCUT2D eigenvalue weighted by atomic mass is 19.1. The Morgan fingerprint density at radius 3 is 2.76 bits per heavy atom. The number of nitrogens with one attached hydrogen (secondary N) is 1. The molecule has 0 aliphatic rings. The molecule has 0 spiro atoms. The Bertz CT molecular complexity index is 1080. The maximum Gasteiger partial charge on any atom is 0.276 e. The summed E-state index contributed by atoms with van der Waals surface area (Å²) in [5.74, 6) is -1.05. The fraction of sp³-hybridized carbons (Fsp3) is 0. The molecular formula is C18H10FN3O3. The van der Waals surface area contributed by atoms with Crippen LogP contribution < -0.4 is 0 Å². The number of rotatable bonds is 4. The number of hydrogen-bond acceptors (Lipinski definition) is 4. The van der Waals surface area contributed by atoms with Gasteiger partial charge in [0.1, 0.15) is 17.5 Å². The van der Waals surface area contributed by atoms with Crippen molar-refractivity contribution >= 4 is 28.4 Å². The van der Waals surface area contributed by atoms with Crippen LogP contribution in [0.25, 0.3) is 17.0 Å². The van der Waals surface area contributed by atoms with E-state index in [1.165, 1.54) is 48.7 Å². The molecule has 25 heavy (non-hydrogen) atoms. The molecule has 122 valence electrons. The summed E-state index contributed by atoms with van der Waals surface area (Å²) < 4.78 is 13.2. The number of aromatic nitrogens is 1. The van der Waals surface area contributed by atoms with E-state index in [2.05, 4.69) is 4.98 Å². The molecule has 0 bridgehead atoms. The van der Waals surface area contributed by atoms with Gasteiger partial charge in [0.25, 0.3) is 5.69 Å². The Kier molecular flexibility index (Phi) is 4.10. The van der Waals surface area contributed by atoms with E-state index in [4.69, 9.17) is 0 Å². The fourth-order valence-electron chi connectivity index (χ4n) is 2.51. The zero-order valence-electron chi connectivity index (χ0n) is 12.7. The van der Waals surface area contributed by atoms with Crippen molar-refractivity contribution in [3.63, 3.8) is 0 Å². The number of nitriles is 1. The summed E-state index contributed by atoms with van der Waals surface area (Å²) in [5, 5.41) is 20.9. The Labute approximate surface area is 141 Å². The lowest BCUT2D eigenvalue weighted by Gasteiger charge is -2.00. The van der Waals surface area contributed by atoms with Crippen molar-refractivity contribution in [3.8, 4) is 6.07 Å². The van der Waals surface area contributed by atoms with Crippen LogP contribution in [0.5, 0.6) is 0 Å². The number of nitro groups is 1. The van der Waals surface area contributed by atoms with Crippen molar-refractivity contribution in [2.75, 3.05) is 0 Å². The van der Waals surface area contributed by atoms with Gasteiger partial charge in [0.05, 0.1) is 10.5 Å². The molecule has 6 nitrogen and oxygen atoms in total. The monoisotopic (exact) mass is 335 g/mol. The van der Waals surface area contributed by atoms with Crippen LogP contribution in [0, 0.1) is 27.3 Å². The SMILES string of the molecule is N#C/C(=C\c1ccccc1[N+](=O)[O-])C(=O)c1c[nH]c2cc(F)ccc12. The Morgan fingerprint density at radius 1 is 1.28 bits per heavy atom. The molecule has 1 N–H and O–H groups in total. The second-order valence-electron chi connectivity index (χ2n) is 5.21. The number of H-pyrrole nitrogens is 1. The van der Waals surface area contributed by atoms with E-state index in [1.54, 1.807) is 12.1 Å². The van der Waals surface area contributed by atoms with Crippen molar-refractivity contribution < 1.29 is 14.1 Å². The minimum atomic E-state index is -0.599. The van der Waals surface area contributed by atoms with Gasteiger partial charge in [0.15, 0.2) is 0 Å². The van der Waals surface area contributed by atoms with Gasteiger partial charge in [0, 0.05) is 28.7 Å². The Balaban J connectivity index is 2.08. The number of aromatic amines is 1. The van der Waals surface area contributed by atoms with Gasteiger partial charge >= 0.3 is 0 Å². The summed E-state index contributed by atoms with van der Waals surface area (Å²) in [6.07, 6.45) is 2.57. The van der Waals surface area contributed by atoms with E-state index in [0.29, 0.717) is 10.9 Å². The molecule has 2 aromatic carbocycles. The molecule has 0 aliphatic heterocycles. The van der Waals surface area contributed by atoms with E-state index in [1.807, 2.05) is 0 Å². The number of carbonyl (C=O) groups excluding carboxylic acids is 1. The normalized spacial score (nSPS) is 11.3.